The third-order valence-electron chi connectivity index (χ3n) is 7.57. The number of alkyl halides is 3. The zero-order chi connectivity index (χ0) is 32.9. The van der Waals surface area contributed by atoms with Gasteiger partial charge in [-0.2, -0.15) is 13.2 Å². The number of nitrogens with one attached hydrogen (secondary N) is 2. The van der Waals surface area contributed by atoms with Crippen LogP contribution in [-0.2, 0) is 23.9 Å². The number of halogens is 5. The SMILES string of the molecule is C[C@@H]1CN([C@@H](C)CO)C(=O)Cc2cc(NC(=O)Nc3ccc(C(F)(F)F)cc3)ccc2O[C@H]1CN(C)Cc1ccc(Cl)c(Cl)c1. The van der Waals surface area contributed by atoms with Crippen LogP contribution in [0.25, 0.3) is 0 Å². The van der Waals surface area contributed by atoms with E-state index in [1.54, 1.807) is 36.1 Å². The minimum absolute atomic E-state index is 0.0335. The van der Waals surface area contributed by atoms with Gasteiger partial charge in [-0.05, 0) is 74.1 Å². The Labute approximate surface area is 270 Å². The van der Waals surface area contributed by atoms with Crippen molar-refractivity contribution in [2.75, 3.05) is 37.4 Å². The first-order valence-electron chi connectivity index (χ1n) is 14.3. The molecule has 0 saturated carbocycles. The first-order valence-corrected chi connectivity index (χ1v) is 15.1. The molecular weight excluding hydrogens is 632 g/mol. The van der Waals surface area contributed by atoms with Gasteiger partial charge in [-0.1, -0.05) is 36.2 Å². The number of hydrogen-bond donors (Lipinski definition) is 3. The Morgan fingerprint density at radius 3 is 2.38 bits per heavy atom. The predicted molar refractivity (Wildman–Crippen MR) is 169 cm³/mol. The lowest BCUT2D eigenvalue weighted by Gasteiger charge is -2.34. The van der Waals surface area contributed by atoms with Crippen molar-refractivity contribution in [1.29, 1.82) is 0 Å². The molecule has 0 saturated heterocycles. The monoisotopic (exact) mass is 666 g/mol. The van der Waals surface area contributed by atoms with E-state index in [1.165, 1.54) is 0 Å². The van der Waals surface area contributed by atoms with Gasteiger partial charge in [-0.15, -0.1) is 0 Å². The molecule has 4 rings (SSSR count). The van der Waals surface area contributed by atoms with Crippen LogP contribution in [0.2, 0.25) is 10.0 Å². The summed E-state index contributed by atoms with van der Waals surface area (Å²) in [4.78, 5) is 29.9. The standard InChI is InChI=1S/C32H35Cl2F3N4O4/c1-19-15-41(20(2)18-42)30(43)14-22-13-25(39-31(44)38-24-7-5-23(6-8-24)32(35,36)37)9-11-28(22)45-29(19)17-40(3)16-21-4-10-26(33)27(34)12-21/h4-13,19-20,29,42H,14-18H2,1-3H3,(H2,38,39,44)/t19-,20+,29+/m1/s1. The average molecular weight is 668 g/mol. The van der Waals surface area contributed by atoms with Crippen molar-refractivity contribution in [3.8, 4) is 5.75 Å². The summed E-state index contributed by atoms with van der Waals surface area (Å²) in [5.74, 6) is 0.164. The lowest BCUT2D eigenvalue weighted by Crippen LogP contribution is -2.47. The molecule has 3 atom stereocenters. The van der Waals surface area contributed by atoms with E-state index in [2.05, 4.69) is 15.5 Å². The number of benzene rings is 3. The molecule has 0 radical (unpaired) electrons. The van der Waals surface area contributed by atoms with E-state index in [9.17, 15) is 27.9 Å². The van der Waals surface area contributed by atoms with Crippen molar-refractivity contribution >= 4 is 46.5 Å². The molecule has 1 heterocycles. The van der Waals surface area contributed by atoms with Gasteiger partial charge in [0.15, 0.2) is 0 Å². The van der Waals surface area contributed by atoms with Crippen LogP contribution in [0, 0.1) is 5.92 Å². The maximum Gasteiger partial charge on any atom is 0.416 e. The van der Waals surface area contributed by atoms with Crippen LogP contribution in [-0.4, -0.2) is 65.7 Å². The first kappa shape index (κ1) is 34.4. The number of aliphatic hydroxyl groups is 1. The molecule has 1 aliphatic rings. The second kappa shape index (κ2) is 14.7. The third kappa shape index (κ3) is 9.26. The van der Waals surface area contributed by atoms with Gasteiger partial charge in [0.1, 0.15) is 11.9 Å². The van der Waals surface area contributed by atoms with Crippen molar-refractivity contribution in [2.24, 2.45) is 5.92 Å². The van der Waals surface area contributed by atoms with E-state index >= 15 is 0 Å². The highest BCUT2D eigenvalue weighted by atomic mass is 35.5. The van der Waals surface area contributed by atoms with E-state index in [-0.39, 0.29) is 36.6 Å². The van der Waals surface area contributed by atoms with Crippen LogP contribution in [0.5, 0.6) is 5.75 Å². The Bertz CT molecular complexity index is 1510. The number of fused-ring (bicyclic) bond motifs is 1. The molecule has 0 spiro atoms. The fraction of sp³-hybridized carbons (Fsp3) is 0.375. The van der Waals surface area contributed by atoms with Crippen molar-refractivity contribution in [2.45, 2.75) is 45.1 Å². The molecule has 3 aromatic carbocycles. The van der Waals surface area contributed by atoms with E-state index in [4.69, 9.17) is 27.9 Å². The van der Waals surface area contributed by atoms with Gasteiger partial charge in [-0.3, -0.25) is 9.69 Å². The molecule has 0 aliphatic carbocycles. The van der Waals surface area contributed by atoms with Gasteiger partial charge in [0.05, 0.1) is 34.7 Å². The molecule has 3 N–H and O–H groups in total. The third-order valence-corrected chi connectivity index (χ3v) is 8.31. The zero-order valence-electron chi connectivity index (χ0n) is 25.0. The summed E-state index contributed by atoms with van der Waals surface area (Å²) in [7, 11) is 1.95. The number of hydrogen-bond acceptors (Lipinski definition) is 5. The van der Waals surface area contributed by atoms with Gasteiger partial charge >= 0.3 is 12.2 Å². The summed E-state index contributed by atoms with van der Waals surface area (Å²) >= 11 is 12.3. The highest BCUT2D eigenvalue weighted by Gasteiger charge is 2.32. The highest BCUT2D eigenvalue weighted by molar-refractivity contribution is 6.42. The summed E-state index contributed by atoms with van der Waals surface area (Å²) in [5, 5.41) is 16.0. The number of nitrogens with zero attached hydrogens (tertiary/aromatic N) is 2. The number of amides is 3. The van der Waals surface area contributed by atoms with Gasteiger partial charge < -0.3 is 25.4 Å². The summed E-state index contributed by atoms with van der Waals surface area (Å²) in [6.45, 7) is 5.00. The van der Waals surface area contributed by atoms with Crippen LogP contribution in [0.3, 0.4) is 0 Å². The topological polar surface area (TPSA) is 94.1 Å². The van der Waals surface area contributed by atoms with Crippen molar-refractivity contribution in [3.63, 3.8) is 0 Å². The van der Waals surface area contributed by atoms with Crippen LogP contribution >= 0.6 is 23.2 Å². The lowest BCUT2D eigenvalue weighted by atomic mass is 10.0. The number of urea groups is 1. The number of likely N-dealkylation sites (N-methyl/N-ethyl adjacent to an activating group) is 1. The number of ether oxygens (including phenoxy) is 1. The first-order chi connectivity index (χ1) is 21.2. The lowest BCUT2D eigenvalue weighted by molar-refractivity contribution is -0.137. The summed E-state index contributed by atoms with van der Waals surface area (Å²) < 4.78 is 45.1. The molecule has 13 heteroatoms. The van der Waals surface area contributed by atoms with Gasteiger partial charge in [0, 0.05) is 42.5 Å². The Hall–Kier alpha value is -3.51. The quantitative estimate of drug-likeness (QED) is 0.242. The van der Waals surface area contributed by atoms with Gasteiger partial charge in [0.2, 0.25) is 5.91 Å². The van der Waals surface area contributed by atoms with E-state index in [0.717, 1.165) is 29.8 Å². The second-order valence-corrected chi connectivity index (χ2v) is 12.1. The minimum atomic E-state index is -4.48. The fourth-order valence-electron chi connectivity index (χ4n) is 5.08. The van der Waals surface area contributed by atoms with Crippen LogP contribution in [0.1, 0.15) is 30.5 Å². The number of carbonyl (C=O) groups is 2. The maximum absolute atomic E-state index is 13.5. The van der Waals surface area contributed by atoms with Gasteiger partial charge in [-0.25, -0.2) is 4.79 Å². The molecule has 0 bridgehead atoms. The normalized spacial score (nSPS) is 17.9. The summed E-state index contributed by atoms with van der Waals surface area (Å²) in [6.07, 6.45) is -4.87. The Balaban J connectivity index is 1.54. The molecular formula is C32H35Cl2F3N4O4. The average Bonchev–Trinajstić information content (AvgIpc) is 3.01. The highest BCUT2D eigenvalue weighted by Crippen LogP contribution is 2.31. The molecule has 1 aliphatic heterocycles. The second-order valence-electron chi connectivity index (χ2n) is 11.3. The van der Waals surface area contributed by atoms with E-state index in [0.29, 0.717) is 46.7 Å². The van der Waals surface area contributed by atoms with E-state index in [1.807, 2.05) is 26.1 Å². The molecule has 242 valence electrons. The Kier molecular flexibility index (Phi) is 11.2. The van der Waals surface area contributed by atoms with Crippen molar-refractivity contribution < 1.29 is 32.6 Å². The largest absolute Gasteiger partial charge is 0.488 e. The van der Waals surface area contributed by atoms with Crippen molar-refractivity contribution in [3.05, 3.63) is 87.4 Å². The van der Waals surface area contributed by atoms with Crippen LogP contribution in [0.15, 0.2) is 60.7 Å². The molecule has 0 aromatic heterocycles. The number of carbonyl (C=O) groups excluding carboxylic acids is 2. The number of anilines is 2. The van der Waals surface area contributed by atoms with Gasteiger partial charge in [0.25, 0.3) is 0 Å². The Morgan fingerprint density at radius 1 is 1.07 bits per heavy atom. The molecule has 0 fully saturated rings. The molecule has 3 aromatic rings. The fourth-order valence-corrected chi connectivity index (χ4v) is 5.40. The summed E-state index contributed by atoms with van der Waals surface area (Å²) in [5.41, 5.74) is 1.22. The predicted octanol–water partition coefficient (Wildman–Crippen LogP) is 6.94. The molecule has 45 heavy (non-hydrogen) atoms. The Morgan fingerprint density at radius 2 is 1.73 bits per heavy atom. The maximum atomic E-state index is 13.5. The zero-order valence-corrected chi connectivity index (χ0v) is 26.5. The minimum Gasteiger partial charge on any atom is -0.488 e. The smallest absolute Gasteiger partial charge is 0.416 e. The van der Waals surface area contributed by atoms with Crippen molar-refractivity contribution in [1.82, 2.24) is 9.80 Å². The molecule has 3 amide bonds. The number of aliphatic hydroxyl groups excluding tert-OH is 1. The van der Waals surface area contributed by atoms with Crippen LogP contribution < -0.4 is 15.4 Å². The molecule has 8 nitrogen and oxygen atoms in total. The molecule has 0 unspecified atom stereocenters. The summed E-state index contributed by atoms with van der Waals surface area (Å²) in [6, 6.07) is 13.4. The van der Waals surface area contributed by atoms with E-state index < -0.39 is 23.8 Å². The van der Waals surface area contributed by atoms with Crippen LogP contribution in [0.4, 0.5) is 29.3 Å². The number of rotatable bonds is 8.